The van der Waals surface area contributed by atoms with Crippen LogP contribution in [-0.4, -0.2) is 12.5 Å². The predicted octanol–water partition coefficient (Wildman–Crippen LogP) is 1.80. The van der Waals surface area contributed by atoms with E-state index < -0.39 is 0 Å². The molecule has 1 aliphatic heterocycles. The first-order chi connectivity index (χ1) is 5.26. The molecule has 0 saturated carbocycles. The number of amides is 1. The first kappa shape index (κ1) is 9.56. The molecule has 1 unspecified atom stereocenters. The molecule has 0 spiro atoms. The van der Waals surface area contributed by atoms with Crippen molar-refractivity contribution in [1.82, 2.24) is 5.32 Å². The van der Waals surface area contributed by atoms with Crippen molar-refractivity contribution in [3.63, 3.8) is 0 Å². The quantitative estimate of drug-likeness (QED) is 0.588. The van der Waals surface area contributed by atoms with E-state index in [4.69, 9.17) is 0 Å². The molecule has 0 aromatic rings. The van der Waals surface area contributed by atoms with E-state index in [1.165, 1.54) is 0 Å². The number of carbonyl (C=O) groups is 1. The van der Waals surface area contributed by atoms with Gasteiger partial charge in [-0.1, -0.05) is 34.6 Å². The second-order valence-corrected chi connectivity index (χ2v) is 5.35. The molecular formula is C10H19NO. The molecule has 1 atom stereocenters. The third-order valence-corrected chi connectivity index (χ3v) is 2.97. The second-order valence-electron chi connectivity index (χ2n) is 5.35. The average Bonchev–Trinajstić information content (AvgIpc) is 2.06. The van der Waals surface area contributed by atoms with Crippen molar-refractivity contribution in [3.8, 4) is 0 Å². The van der Waals surface area contributed by atoms with Gasteiger partial charge in [0, 0.05) is 12.0 Å². The SMILES string of the molecule is CC(C)(C)C1CNC(=O)C1(C)C. The van der Waals surface area contributed by atoms with Gasteiger partial charge in [0.15, 0.2) is 0 Å². The largest absolute Gasteiger partial charge is 0.355 e. The summed E-state index contributed by atoms with van der Waals surface area (Å²) in [6.45, 7) is 11.5. The van der Waals surface area contributed by atoms with Gasteiger partial charge in [-0.2, -0.15) is 0 Å². The summed E-state index contributed by atoms with van der Waals surface area (Å²) >= 11 is 0. The Hall–Kier alpha value is -0.530. The van der Waals surface area contributed by atoms with Gasteiger partial charge in [0.05, 0.1) is 0 Å². The Bertz CT molecular complexity index is 200. The highest BCUT2D eigenvalue weighted by Gasteiger charge is 2.47. The van der Waals surface area contributed by atoms with Crippen molar-refractivity contribution < 1.29 is 4.79 Å². The molecule has 1 rings (SSSR count). The van der Waals surface area contributed by atoms with Crippen LogP contribution < -0.4 is 5.32 Å². The van der Waals surface area contributed by atoms with Crippen LogP contribution in [0.15, 0.2) is 0 Å². The molecule has 1 amide bonds. The minimum absolute atomic E-state index is 0.196. The van der Waals surface area contributed by atoms with Crippen LogP contribution in [0.2, 0.25) is 0 Å². The monoisotopic (exact) mass is 169 g/mol. The number of rotatable bonds is 0. The van der Waals surface area contributed by atoms with Gasteiger partial charge in [0.1, 0.15) is 0 Å². The highest BCUT2D eigenvalue weighted by Crippen LogP contribution is 2.42. The maximum Gasteiger partial charge on any atom is 0.226 e. The fraction of sp³-hybridized carbons (Fsp3) is 0.900. The zero-order chi connectivity index (χ0) is 9.57. The number of nitrogens with one attached hydrogen (secondary N) is 1. The molecule has 2 nitrogen and oxygen atoms in total. The van der Waals surface area contributed by atoms with Crippen LogP contribution in [0.1, 0.15) is 34.6 Å². The summed E-state index contributed by atoms with van der Waals surface area (Å²) in [6.07, 6.45) is 0. The molecule has 70 valence electrons. The Kier molecular flexibility index (Phi) is 1.97. The molecular weight excluding hydrogens is 150 g/mol. The van der Waals surface area contributed by atoms with Crippen molar-refractivity contribution in [1.29, 1.82) is 0 Å². The fourth-order valence-corrected chi connectivity index (χ4v) is 2.22. The van der Waals surface area contributed by atoms with Gasteiger partial charge < -0.3 is 5.32 Å². The van der Waals surface area contributed by atoms with Crippen LogP contribution in [0.3, 0.4) is 0 Å². The van der Waals surface area contributed by atoms with Gasteiger partial charge in [0.2, 0.25) is 5.91 Å². The summed E-state index contributed by atoms with van der Waals surface area (Å²) in [7, 11) is 0. The highest BCUT2D eigenvalue weighted by molar-refractivity contribution is 5.84. The molecule has 1 heterocycles. The molecule has 0 aromatic carbocycles. The summed E-state index contributed by atoms with van der Waals surface area (Å²) in [6, 6.07) is 0. The molecule has 0 bridgehead atoms. The molecule has 1 saturated heterocycles. The summed E-state index contributed by atoms with van der Waals surface area (Å²) in [5.41, 5.74) is 0.0148. The third-order valence-electron chi connectivity index (χ3n) is 2.97. The Morgan fingerprint density at radius 1 is 1.42 bits per heavy atom. The maximum atomic E-state index is 11.4. The van der Waals surface area contributed by atoms with Crippen molar-refractivity contribution in [3.05, 3.63) is 0 Å². The van der Waals surface area contributed by atoms with Crippen LogP contribution in [0.4, 0.5) is 0 Å². The lowest BCUT2D eigenvalue weighted by Crippen LogP contribution is -2.35. The second kappa shape index (κ2) is 2.48. The highest BCUT2D eigenvalue weighted by atomic mass is 16.2. The molecule has 12 heavy (non-hydrogen) atoms. The zero-order valence-electron chi connectivity index (χ0n) is 8.69. The van der Waals surface area contributed by atoms with Crippen LogP contribution >= 0.6 is 0 Å². The average molecular weight is 169 g/mol. The topological polar surface area (TPSA) is 29.1 Å². The van der Waals surface area contributed by atoms with Crippen molar-refractivity contribution >= 4 is 5.91 Å². The minimum Gasteiger partial charge on any atom is -0.355 e. The van der Waals surface area contributed by atoms with Crippen LogP contribution in [0.25, 0.3) is 0 Å². The zero-order valence-corrected chi connectivity index (χ0v) is 8.69. The van der Waals surface area contributed by atoms with Gasteiger partial charge in [-0.15, -0.1) is 0 Å². The van der Waals surface area contributed by atoms with E-state index in [1.54, 1.807) is 0 Å². The lowest BCUT2D eigenvalue weighted by molar-refractivity contribution is -0.128. The Morgan fingerprint density at radius 2 is 1.92 bits per heavy atom. The molecule has 0 radical (unpaired) electrons. The predicted molar refractivity (Wildman–Crippen MR) is 49.7 cm³/mol. The van der Waals surface area contributed by atoms with Crippen LogP contribution in [0.5, 0.6) is 0 Å². The number of hydrogen-bond acceptors (Lipinski definition) is 1. The summed E-state index contributed by atoms with van der Waals surface area (Å²) in [5.74, 6) is 0.639. The van der Waals surface area contributed by atoms with Crippen molar-refractivity contribution in [2.45, 2.75) is 34.6 Å². The lowest BCUT2D eigenvalue weighted by Gasteiger charge is -2.34. The minimum atomic E-state index is -0.196. The van der Waals surface area contributed by atoms with E-state index in [1.807, 2.05) is 13.8 Å². The molecule has 1 N–H and O–H groups in total. The standard InChI is InChI=1S/C10H19NO/c1-9(2,3)7-6-11-8(12)10(7,4)5/h7H,6H2,1-5H3,(H,11,12). The molecule has 2 heteroatoms. The lowest BCUT2D eigenvalue weighted by atomic mass is 9.67. The number of carbonyl (C=O) groups excluding carboxylic acids is 1. The van der Waals surface area contributed by atoms with E-state index in [-0.39, 0.29) is 16.7 Å². The van der Waals surface area contributed by atoms with Gasteiger partial charge >= 0.3 is 0 Å². The Labute approximate surface area is 74.7 Å². The van der Waals surface area contributed by atoms with Crippen molar-refractivity contribution in [2.24, 2.45) is 16.7 Å². The van der Waals surface area contributed by atoms with Gasteiger partial charge in [0.25, 0.3) is 0 Å². The smallest absolute Gasteiger partial charge is 0.226 e. The molecule has 1 aliphatic rings. The molecule has 1 fully saturated rings. The summed E-state index contributed by atoms with van der Waals surface area (Å²) < 4.78 is 0. The van der Waals surface area contributed by atoms with Gasteiger partial charge in [-0.05, 0) is 11.3 Å². The maximum absolute atomic E-state index is 11.4. The van der Waals surface area contributed by atoms with E-state index in [0.29, 0.717) is 5.92 Å². The fourth-order valence-electron chi connectivity index (χ4n) is 2.22. The van der Waals surface area contributed by atoms with Crippen molar-refractivity contribution in [2.75, 3.05) is 6.54 Å². The Balaban J connectivity index is 2.89. The van der Waals surface area contributed by atoms with Gasteiger partial charge in [-0.3, -0.25) is 4.79 Å². The van der Waals surface area contributed by atoms with E-state index in [0.717, 1.165) is 6.54 Å². The van der Waals surface area contributed by atoms with Crippen LogP contribution in [0, 0.1) is 16.7 Å². The Morgan fingerprint density at radius 3 is 2.08 bits per heavy atom. The number of hydrogen-bond donors (Lipinski definition) is 1. The molecule has 0 aromatic heterocycles. The normalized spacial score (nSPS) is 28.8. The van der Waals surface area contributed by atoms with E-state index >= 15 is 0 Å². The van der Waals surface area contributed by atoms with Crippen LogP contribution in [-0.2, 0) is 4.79 Å². The summed E-state index contributed by atoms with van der Waals surface area (Å²) in [5, 5.41) is 2.93. The first-order valence-corrected chi connectivity index (χ1v) is 4.54. The molecule has 0 aliphatic carbocycles. The van der Waals surface area contributed by atoms with Gasteiger partial charge in [-0.25, -0.2) is 0 Å². The first-order valence-electron chi connectivity index (χ1n) is 4.54. The van der Waals surface area contributed by atoms with E-state index in [9.17, 15) is 4.79 Å². The van der Waals surface area contributed by atoms with E-state index in [2.05, 4.69) is 26.1 Å². The summed E-state index contributed by atoms with van der Waals surface area (Å²) in [4.78, 5) is 11.4. The third kappa shape index (κ3) is 1.35.